The van der Waals surface area contributed by atoms with Crippen molar-refractivity contribution in [3.63, 3.8) is 0 Å². The lowest BCUT2D eigenvalue weighted by Crippen LogP contribution is -2.40. The zero-order valence-corrected chi connectivity index (χ0v) is 13.8. The molecule has 1 aromatic carbocycles. The zero-order valence-electron chi connectivity index (χ0n) is 13.8. The summed E-state index contributed by atoms with van der Waals surface area (Å²) in [5.41, 5.74) is -1.58. The number of nitrogens with zero attached hydrogens (tertiary/aromatic N) is 3. The van der Waals surface area contributed by atoms with Gasteiger partial charge in [0.15, 0.2) is 0 Å². The average molecular weight is 357 g/mol. The lowest BCUT2D eigenvalue weighted by molar-refractivity contribution is -0.384. The molecular weight excluding hydrogens is 342 g/mol. The number of nitrogens with one attached hydrogen (secondary N) is 2. The molecular formula is C16H15N5O5. The molecule has 0 radical (unpaired) electrons. The number of likely N-dealkylation sites (N-methyl/N-ethyl adjacent to an activating group) is 1. The van der Waals surface area contributed by atoms with E-state index in [4.69, 9.17) is 0 Å². The molecule has 0 aliphatic rings. The minimum Gasteiger partial charge on any atom is -0.355 e. The molecule has 2 heterocycles. The number of aromatic amines is 1. The summed E-state index contributed by atoms with van der Waals surface area (Å²) in [5.74, 6) is -0.442. The molecule has 0 aliphatic carbocycles. The largest absolute Gasteiger partial charge is 0.355 e. The molecule has 1 amide bonds. The van der Waals surface area contributed by atoms with Crippen molar-refractivity contribution in [1.29, 1.82) is 0 Å². The van der Waals surface area contributed by atoms with E-state index < -0.39 is 21.9 Å². The van der Waals surface area contributed by atoms with Crippen LogP contribution in [0.1, 0.15) is 6.92 Å². The second-order valence-electron chi connectivity index (χ2n) is 5.50. The average Bonchev–Trinajstić information content (AvgIpc) is 3.12. The molecule has 0 atom stereocenters. The van der Waals surface area contributed by atoms with Gasteiger partial charge in [-0.1, -0.05) is 0 Å². The fourth-order valence-corrected chi connectivity index (χ4v) is 2.70. The first-order valence-electron chi connectivity index (χ1n) is 7.77. The molecule has 3 aromatic rings. The zero-order chi connectivity index (χ0) is 18.8. The maximum atomic E-state index is 12.2. The summed E-state index contributed by atoms with van der Waals surface area (Å²) in [6, 6.07) is 5.98. The molecule has 2 aromatic heterocycles. The molecule has 3 rings (SSSR count). The Balaban J connectivity index is 2.33. The molecule has 0 aliphatic heterocycles. The highest BCUT2D eigenvalue weighted by Gasteiger charge is 2.20. The molecule has 0 saturated heterocycles. The van der Waals surface area contributed by atoms with Crippen molar-refractivity contribution in [1.82, 2.24) is 19.4 Å². The van der Waals surface area contributed by atoms with Crippen LogP contribution in [0.25, 0.3) is 16.7 Å². The van der Waals surface area contributed by atoms with E-state index in [1.165, 1.54) is 16.7 Å². The second kappa shape index (κ2) is 6.67. The van der Waals surface area contributed by atoms with Gasteiger partial charge < -0.3 is 14.9 Å². The first-order valence-corrected chi connectivity index (χ1v) is 7.77. The number of nitro benzene ring substituents is 1. The maximum Gasteiger partial charge on any atom is 0.317 e. The van der Waals surface area contributed by atoms with Crippen LogP contribution in [0.15, 0.2) is 46.2 Å². The van der Waals surface area contributed by atoms with Crippen LogP contribution in [0.2, 0.25) is 0 Å². The summed E-state index contributed by atoms with van der Waals surface area (Å²) in [6.45, 7) is 1.73. The normalized spacial score (nSPS) is 10.8. The van der Waals surface area contributed by atoms with Crippen LogP contribution in [0.4, 0.5) is 5.69 Å². The van der Waals surface area contributed by atoms with E-state index in [0.29, 0.717) is 6.54 Å². The van der Waals surface area contributed by atoms with Crippen molar-refractivity contribution in [2.75, 3.05) is 6.54 Å². The molecule has 0 fully saturated rings. The fourth-order valence-electron chi connectivity index (χ4n) is 2.70. The van der Waals surface area contributed by atoms with Gasteiger partial charge in [-0.3, -0.25) is 29.1 Å². The van der Waals surface area contributed by atoms with Crippen molar-refractivity contribution >= 4 is 22.6 Å². The first-order chi connectivity index (χ1) is 12.4. The second-order valence-corrected chi connectivity index (χ2v) is 5.50. The SMILES string of the molecule is CCNC(=O)Cn1c(=O)c(=O)[nH]c2cc([N+](=O)[O-])c(-n3cccc3)cc21. The number of amides is 1. The summed E-state index contributed by atoms with van der Waals surface area (Å²) in [5, 5.41) is 14.0. The van der Waals surface area contributed by atoms with Crippen LogP contribution in [0.5, 0.6) is 0 Å². The molecule has 0 bridgehead atoms. The third kappa shape index (κ3) is 2.99. The summed E-state index contributed by atoms with van der Waals surface area (Å²) >= 11 is 0. The van der Waals surface area contributed by atoms with Gasteiger partial charge in [-0.15, -0.1) is 0 Å². The Morgan fingerprint density at radius 2 is 1.96 bits per heavy atom. The van der Waals surface area contributed by atoms with E-state index in [0.717, 1.165) is 4.57 Å². The van der Waals surface area contributed by atoms with E-state index in [9.17, 15) is 24.5 Å². The number of carbonyl (C=O) groups excluding carboxylic acids is 1. The molecule has 0 spiro atoms. The Morgan fingerprint density at radius 1 is 1.27 bits per heavy atom. The standard InChI is InChI=1S/C16H15N5O5/c1-2-17-14(22)9-20-11-8-12(19-5-3-4-6-19)13(21(25)26)7-10(11)18-15(23)16(20)24/h3-8H,2,9H2,1H3,(H,17,22)(H,18,23). The third-order valence-electron chi connectivity index (χ3n) is 3.83. The summed E-state index contributed by atoms with van der Waals surface area (Å²) in [6.07, 6.45) is 3.23. The molecule has 134 valence electrons. The van der Waals surface area contributed by atoms with E-state index in [-0.39, 0.29) is 29.0 Å². The molecule has 0 saturated carbocycles. The van der Waals surface area contributed by atoms with Gasteiger partial charge in [0.1, 0.15) is 12.2 Å². The highest BCUT2D eigenvalue weighted by atomic mass is 16.6. The fraction of sp³-hybridized carbons (Fsp3) is 0.188. The van der Waals surface area contributed by atoms with Crippen molar-refractivity contribution in [2.45, 2.75) is 13.5 Å². The number of carbonyl (C=O) groups is 1. The smallest absolute Gasteiger partial charge is 0.317 e. The lowest BCUT2D eigenvalue weighted by Gasteiger charge is -2.12. The van der Waals surface area contributed by atoms with Gasteiger partial charge in [-0.25, -0.2) is 0 Å². The Kier molecular flexibility index (Phi) is 4.40. The Bertz CT molecular complexity index is 1110. The van der Waals surface area contributed by atoms with Crippen LogP contribution in [0.3, 0.4) is 0 Å². The minimum atomic E-state index is -0.954. The molecule has 0 unspecified atom stereocenters. The number of hydrogen-bond donors (Lipinski definition) is 2. The van der Waals surface area contributed by atoms with Crippen molar-refractivity contribution < 1.29 is 9.72 Å². The van der Waals surface area contributed by atoms with Crippen LogP contribution in [0, 0.1) is 10.1 Å². The number of fused-ring (bicyclic) bond motifs is 1. The molecule has 26 heavy (non-hydrogen) atoms. The van der Waals surface area contributed by atoms with E-state index >= 15 is 0 Å². The van der Waals surface area contributed by atoms with Gasteiger partial charge in [-0.2, -0.15) is 0 Å². The van der Waals surface area contributed by atoms with Gasteiger partial charge in [0.25, 0.3) is 5.69 Å². The van der Waals surface area contributed by atoms with Gasteiger partial charge in [0, 0.05) is 25.0 Å². The quantitative estimate of drug-likeness (QED) is 0.390. The summed E-state index contributed by atoms with van der Waals surface area (Å²) in [7, 11) is 0. The van der Waals surface area contributed by atoms with Crippen LogP contribution in [-0.4, -0.2) is 31.5 Å². The Labute approximate surface area is 145 Å². The highest BCUT2D eigenvalue weighted by molar-refractivity contribution is 5.84. The molecule has 10 nitrogen and oxygen atoms in total. The van der Waals surface area contributed by atoms with Crippen LogP contribution < -0.4 is 16.4 Å². The predicted molar refractivity (Wildman–Crippen MR) is 93.5 cm³/mol. The highest BCUT2D eigenvalue weighted by Crippen LogP contribution is 2.27. The number of benzene rings is 1. The van der Waals surface area contributed by atoms with Gasteiger partial charge in [-0.05, 0) is 25.1 Å². The number of hydrogen-bond acceptors (Lipinski definition) is 5. The van der Waals surface area contributed by atoms with Crippen molar-refractivity contribution in [3.05, 3.63) is 67.5 Å². The van der Waals surface area contributed by atoms with E-state index in [2.05, 4.69) is 10.3 Å². The third-order valence-corrected chi connectivity index (χ3v) is 3.83. The van der Waals surface area contributed by atoms with Crippen molar-refractivity contribution in [2.24, 2.45) is 0 Å². The number of rotatable bonds is 5. The number of aromatic nitrogens is 3. The molecule has 10 heteroatoms. The van der Waals surface area contributed by atoms with Gasteiger partial charge in [0.2, 0.25) is 5.91 Å². The van der Waals surface area contributed by atoms with E-state index in [1.54, 1.807) is 31.5 Å². The predicted octanol–water partition coefficient (Wildman–Crippen LogP) is 0.525. The van der Waals surface area contributed by atoms with Gasteiger partial charge >= 0.3 is 11.1 Å². The summed E-state index contributed by atoms with van der Waals surface area (Å²) in [4.78, 5) is 49.2. The minimum absolute atomic E-state index is 0.0986. The first kappa shape index (κ1) is 17.1. The van der Waals surface area contributed by atoms with Gasteiger partial charge in [0.05, 0.1) is 16.0 Å². The molecule has 2 N–H and O–H groups in total. The summed E-state index contributed by atoms with van der Waals surface area (Å²) < 4.78 is 2.53. The Morgan fingerprint density at radius 3 is 2.58 bits per heavy atom. The maximum absolute atomic E-state index is 12.2. The van der Waals surface area contributed by atoms with E-state index in [1.807, 2.05) is 0 Å². The monoisotopic (exact) mass is 357 g/mol. The topological polar surface area (TPSA) is 132 Å². The number of nitro groups is 1. The number of H-pyrrole nitrogens is 1. The van der Waals surface area contributed by atoms with Crippen molar-refractivity contribution in [3.8, 4) is 5.69 Å². The Hall–Kier alpha value is -3.69. The van der Waals surface area contributed by atoms with Crippen LogP contribution in [-0.2, 0) is 11.3 Å². The van der Waals surface area contributed by atoms with Crippen LogP contribution >= 0.6 is 0 Å². The lowest BCUT2D eigenvalue weighted by atomic mass is 10.2.